The van der Waals surface area contributed by atoms with Crippen LogP contribution in [0.2, 0.25) is 0 Å². The smallest absolute Gasteiger partial charge is 0.261 e. The molecule has 0 saturated carbocycles. The summed E-state index contributed by atoms with van der Waals surface area (Å²) >= 11 is 0. The highest BCUT2D eigenvalue weighted by atomic mass is 32.2. The molecule has 0 amide bonds. The van der Waals surface area contributed by atoms with E-state index in [0.29, 0.717) is 18.2 Å². The molecule has 1 aromatic heterocycles. The van der Waals surface area contributed by atoms with E-state index < -0.39 is 10.0 Å². The summed E-state index contributed by atoms with van der Waals surface area (Å²) in [5.41, 5.74) is 2.17. The molecule has 7 heteroatoms. The largest absolute Gasteiger partial charge is 0.276 e. The molecule has 2 aromatic carbocycles. The van der Waals surface area contributed by atoms with Crippen LogP contribution in [0.25, 0.3) is 0 Å². The summed E-state index contributed by atoms with van der Waals surface area (Å²) in [4.78, 5) is 0.194. The minimum atomic E-state index is -3.69. The van der Waals surface area contributed by atoms with Crippen molar-refractivity contribution < 1.29 is 12.8 Å². The van der Waals surface area contributed by atoms with Gasteiger partial charge in [-0.25, -0.2) is 12.8 Å². The molecular weight excluding hydrogens is 353 g/mol. The van der Waals surface area contributed by atoms with E-state index in [1.165, 1.54) is 18.3 Å². The van der Waals surface area contributed by atoms with E-state index in [2.05, 4.69) is 23.7 Å². The van der Waals surface area contributed by atoms with Crippen molar-refractivity contribution in [3.05, 3.63) is 77.9 Å². The van der Waals surface area contributed by atoms with Crippen molar-refractivity contribution in [2.45, 2.75) is 31.2 Å². The maximum absolute atomic E-state index is 13.2. The molecule has 0 aliphatic carbocycles. The summed E-state index contributed by atoms with van der Waals surface area (Å²) < 4.78 is 42.3. The Kier molecular flexibility index (Phi) is 5.08. The van der Waals surface area contributed by atoms with Crippen LogP contribution in [-0.2, 0) is 16.6 Å². The lowest BCUT2D eigenvalue weighted by Gasteiger charge is -2.08. The third-order valence-electron chi connectivity index (χ3n) is 3.98. The molecule has 3 aromatic rings. The van der Waals surface area contributed by atoms with Gasteiger partial charge in [0.1, 0.15) is 5.82 Å². The second kappa shape index (κ2) is 7.29. The normalized spacial score (nSPS) is 11.7. The van der Waals surface area contributed by atoms with Crippen LogP contribution in [-0.4, -0.2) is 18.2 Å². The van der Waals surface area contributed by atoms with Gasteiger partial charge in [-0.05, 0) is 41.3 Å². The van der Waals surface area contributed by atoms with Crippen molar-refractivity contribution in [3.63, 3.8) is 0 Å². The third-order valence-corrected chi connectivity index (χ3v) is 5.37. The first kappa shape index (κ1) is 18.1. The van der Waals surface area contributed by atoms with Gasteiger partial charge in [-0.3, -0.25) is 9.40 Å². The quantitative estimate of drug-likeness (QED) is 0.710. The number of hydrogen-bond donors (Lipinski definition) is 1. The summed E-state index contributed by atoms with van der Waals surface area (Å²) in [6.45, 7) is 4.45. The Hall–Kier alpha value is -2.67. The number of benzene rings is 2. The first-order valence-corrected chi connectivity index (χ1v) is 9.71. The summed E-state index contributed by atoms with van der Waals surface area (Å²) in [7, 11) is -3.69. The third kappa shape index (κ3) is 4.29. The van der Waals surface area contributed by atoms with E-state index in [9.17, 15) is 12.8 Å². The molecule has 3 rings (SSSR count). The van der Waals surface area contributed by atoms with Crippen LogP contribution < -0.4 is 4.72 Å². The zero-order chi connectivity index (χ0) is 18.7. The first-order valence-electron chi connectivity index (χ1n) is 8.23. The molecule has 0 aliphatic heterocycles. The van der Waals surface area contributed by atoms with E-state index in [0.717, 1.165) is 11.1 Å². The first-order chi connectivity index (χ1) is 12.3. The van der Waals surface area contributed by atoms with Crippen molar-refractivity contribution in [3.8, 4) is 0 Å². The van der Waals surface area contributed by atoms with Gasteiger partial charge >= 0.3 is 0 Å². The monoisotopic (exact) mass is 373 g/mol. The molecule has 0 unspecified atom stereocenters. The summed E-state index contributed by atoms with van der Waals surface area (Å²) in [6, 6.07) is 13.0. The molecular formula is C19H20FN3O2S. The van der Waals surface area contributed by atoms with E-state index in [1.54, 1.807) is 35.1 Å². The lowest BCUT2D eigenvalue weighted by Crippen LogP contribution is -2.12. The average molecular weight is 373 g/mol. The highest BCUT2D eigenvalue weighted by Crippen LogP contribution is 2.20. The topological polar surface area (TPSA) is 64.0 Å². The lowest BCUT2D eigenvalue weighted by atomic mass is 10.0. The van der Waals surface area contributed by atoms with Gasteiger partial charge in [0.25, 0.3) is 10.0 Å². The predicted octanol–water partition coefficient (Wildman–Crippen LogP) is 3.99. The van der Waals surface area contributed by atoms with Crippen LogP contribution in [0.3, 0.4) is 0 Å². The number of halogens is 1. The van der Waals surface area contributed by atoms with Gasteiger partial charge in [0.05, 0.1) is 23.3 Å². The number of nitrogens with zero attached hydrogens (tertiary/aromatic N) is 2. The molecule has 1 N–H and O–H groups in total. The highest BCUT2D eigenvalue weighted by Gasteiger charge is 2.15. The van der Waals surface area contributed by atoms with Crippen LogP contribution >= 0.6 is 0 Å². The van der Waals surface area contributed by atoms with Crippen LogP contribution in [0, 0.1) is 5.82 Å². The molecule has 0 radical (unpaired) electrons. The molecule has 1 heterocycles. The van der Waals surface area contributed by atoms with Gasteiger partial charge in [0.2, 0.25) is 0 Å². The van der Waals surface area contributed by atoms with Gasteiger partial charge < -0.3 is 0 Å². The van der Waals surface area contributed by atoms with Crippen molar-refractivity contribution >= 4 is 15.7 Å². The maximum atomic E-state index is 13.2. The number of sulfonamides is 1. The SMILES string of the molecule is CC(C)c1ccc(S(=O)(=O)Nc2cnn(Cc3cccc(F)c3)c2)cc1. The Balaban J connectivity index is 1.73. The molecule has 0 bridgehead atoms. The predicted molar refractivity (Wildman–Crippen MR) is 99.1 cm³/mol. The molecule has 5 nitrogen and oxygen atoms in total. The van der Waals surface area contributed by atoms with Crippen molar-refractivity contribution in [1.29, 1.82) is 0 Å². The minimum Gasteiger partial charge on any atom is -0.276 e. The maximum Gasteiger partial charge on any atom is 0.261 e. The molecule has 0 fully saturated rings. The zero-order valence-corrected chi connectivity index (χ0v) is 15.4. The molecule has 136 valence electrons. The molecule has 26 heavy (non-hydrogen) atoms. The minimum absolute atomic E-state index is 0.194. The molecule has 0 spiro atoms. The summed E-state index contributed by atoms with van der Waals surface area (Å²) in [5, 5.41) is 4.12. The Morgan fingerprint density at radius 2 is 1.88 bits per heavy atom. The number of hydrogen-bond acceptors (Lipinski definition) is 3. The Labute approximate surface area is 152 Å². The molecule has 0 aliphatic rings. The van der Waals surface area contributed by atoms with Gasteiger partial charge in [0, 0.05) is 6.20 Å². The number of aromatic nitrogens is 2. The number of rotatable bonds is 6. The van der Waals surface area contributed by atoms with Gasteiger partial charge in [-0.15, -0.1) is 0 Å². The standard InChI is InChI=1S/C19H20FN3O2S/c1-14(2)16-6-8-19(9-7-16)26(24,25)22-18-11-21-23(13-18)12-15-4-3-5-17(20)10-15/h3-11,13-14,22H,12H2,1-2H3. The highest BCUT2D eigenvalue weighted by molar-refractivity contribution is 7.92. The fourth-order valence-corrected chi connectivity index (χ4v) is 3.60. The van der Waals surface area contributed by atoms with Crippen molar-refractivity contribution in [1.82, 2.24) is 9.78 Å². The average Bonchev–Trinajstić information content (AvgIpc) is 3.01. The van der Waals surface area contributed by atoms with Crippen molar-refractivity contribution in [2.75, 3.05) is 4.72 Å². The van der Waals surface area contributed by atoms with E-state index in [-0.39, 0.29) is 10.7 Å². The van der Waals surface area contributed by atoms with E-state index in [4.69, 9.17) is 0 Å². The zero-order valence-electron chi connectivity index (χ0n) is 14.6. The lowest BCUT2D eigenvalue weighted by molar-refractivity contribution is 0.601. The van der Waals surface area contributed by atoms with Gasteiger partial charge in [0.15, 0.2) is 0 Å². The van der Waals surface area contributed by atoms with Crippen LogP contribution in [0.15, 0.2) is 65.8 Å². The van der Waals surface area contributed by atoms with Crippen LogP contribution in [0.1, 0.15) is 30.9 Å². The van der Waals surface area contributed by atoms with Crippen LogP contribution in [0.5, 0.6) is 0 Å². The van der Waals surface area contributed by atoms with Crippen LogP contribution in [0.4, 0.5) is 10.1 Å². The second-order valence-corrected chi connectivity index (χ2v) is 8.07. The molecule has 0 atom stereocenters. The van der Waals surface area contributed by atoms with E-state index in [1.807, 2.05) is 12.1 Å². The van der Waals surface area contributed by atoms with E-state index >= 15 is 0 Å². The Bertz CT molecular complexity index is 996. The van der Waals surface area contributed by atoms with Gasteiger partial charge in [-0.1, -0.05) is 38.1 Å². The fourth-order valence-electron chi connectivity index (χ4n) is 2.57. The Morgan fingerprint density at radius 3 is 2.54 bits per heavy atom. The van der Waals surface area contributed by atoms with Gasteiger partial charge in [-0.2, -0.15) is 5.10 Å². The number of nitrogens with one attached hydrogen (secondary N) is 1. The summed E-state index contributed by atoms with van der Waals surface area (Å²) in [6.07, 6.45) is 3.00. The Morgan fingerprint density at radius 1 is 1.15 bits per heavy atom. The molecule has 0 saturated heterocycles. The second-order valence-electron chi connectivity index (χ2n) is 6.39. The summed E-state index contributed by atoms with van der Waals surface area (Å²) in [5.74, 6) is 0.0150. The number of anilines is 1. The van der Waals surface area contributed by atoms with Crippen molar-refractivity contribution in [2.24, 2.45) is 0 Å². The fraction of sp³-hybridized carbons (Fsp3) is 0.211.